The Morgan fingerprint density at radius 3 is 2.57 bits per heavy atom. The number of halogens is 2. The van der Waals surface area contributed by atoms with E-state index in [1.165, 1.54) is 35.7 Å². The number of hydrogen-bond acceptors (Lipinski definition) is 7. The van der Waals surface area contributed by atoms with E-state index in [1.807, 2.05) is 4.90 Å². The van der Waals surface area contributed by atoms with Crippen LogP contribution in [-0.4, -0.2) is 59.1 Å². The zero-order valence-corrected chi connectivity index (χ0v) is 15.9. The van der Waals surface area contributed by atoms with Crippen molar-refractivity contribution in [3.8, 4) is 0 Å². The Kier molecular flexibility index (Phi) is 5.38. The molecule has 0 aliphatic carbocycles. The van der Waals surface area contributed by atoms with E-state index in [0.29, 0.717) is 31.7 Å². The topological polar surface area (TPSA) is 72.7 Å². The summed E-state index contributed by atoms with van der Waals surface area (Å²) in [5.74, 6) is -0.427. The summed E-state index contributed by atoms with van der Waals surface area (Å²) in [4.78, 5) is 12.8. The van der Waals surface area contributed by atoms with E-state index in [4.69, 9.17) is 5.11 Å². The van der Waals surface area contributed by atoms with Crippen molar-refractivity contribution in [2.24, 2.45) is 0 Å². The molecule has 1 fully saturated rings. The minimum atomic E-state index is -0.919. The number of fused-ring (bicyclic) bond motifs is 1. The van der Waals surface area contributed by atoms with Crippen LogP contribution in [0.3, 0.4) is 0 Å². The molecule has 1 saturated heterocycles. The van der Waals surface area contributed by atoms with Gasteiger partial charge >= 0.3 is 0 Å². The summed E-state index contributed by atoms with van der Waals surface area (Å²) >= 11 is 1.45. The van der Waals surface area contributed by atoms with Gasteiger partial charge in [0.25, 0.3) is 0 Å². The second kappa shape index (κ2) is 7.94. The van der Waals surface area contributed by atoms with Crippen molar-refractivity contribution in [3.63, 3.8) is 0 Å². The Morgan fingerprint density at radius 2 is 1.86 bits per heavy atom. The van der Waals surface area contributed by atoms with Crippen LogP contribution in [0.2, 0.25) is 0 Å². The Bertz CT molecular complexity index is 976. The highest BCUT2D eigenvalue weighted by molar-refractivity contribution is 7.22. The molecule has 1 aliphatic rings. The maximum absolute atomic E-state index is 14.5. The minimum Gasteiger partial charge on any atom is -0.394 e. The minimum absolute atomic E-state index is 0.159. The molecule has 1 atom stereocenters. The summed E-state index contributed by atoms with van der Waals surface area (Å²) in [7, 11) is 0. The first kappa shape index (κ1) is 19.0. The van der Waals surface area contributed by atoms with Crippen LogP contribution in [0.15, 0.2) is 30.5 Å². The van der Waals surface area contributed by atoms with Gasteiger partial charge in [-0.1, -0.05) is 11.3 Å². The van der Waals surface area contributed by atoms with Gasteiger partial charge < -0.3 is 20.0 Å². The fourth-order valence-electron chi connectivity index (χ4n) is 3.28. The average Bonchev–Trinajstić information content (AvgIpc) is 3.11. The summed E-state index contributed by atoms with van der Waals surface area (Å²) in [6.45, 7) is 2.13. The number of aromatic nitrogens is 2. The van der Waals surface area contributed by atoms with Crippen LogP contribution in [0.1, 0.15) is 5.56 Å². The number of anilines is 2. The van der Waals surface area contributed by atoms with Crippen LogP contribution < -0.4 is 9.80 Å². The van der Waals surface area contributed by atoms with Crippen LogP contribution in [0.4, 0.5) is 19.7 Å². The van der Waals surface area contributed by atoms with Gasteiger partial charge in [-0.05, 0) is 29.8 Å². The predicted molar refractivity (Wildman–Crippen MR) is 105 cm³/mol. The summed E-state index contributed by atoms with van der Waals surface area (Å²) in [6.07, 6.45) is 0.774. The van der Waals surface area contributed by atoms with Gasteiger partial charge in [-0.2, -0.15) is 0 Å². The van der Waals surface area contributed by atoms with Gasteiger partial charge in [0.05, 0.1) is 22.9 Å². The Balaban J connectivity index is 1.43. The quantitative estimate of drug-likeness (QED) is 0.677. The Hall–Kier alpha value is -2.36. The van der Waals surface area contributed by atoms with Crippen LogP contribution in [0.5, 0.6) is 0 Å². The van der Waals surface area contributed by atoms with Crippen molar-refractivity contribution in [1.82, 2.24) is 9.97 Å². The van der Waals surface area contributed by atoms with Crippen LogP contribution in [-0.2, 0) is 6.42 Å². The lowest BCUT2D eigenvalue weighted by molar-refractivity contribution is 0.0954. The maximum atomic E-state index is 14.5. The summed E-state index contributed by atoms with van der Waals surface area (Å²) in [5, 5.41) is 19.2. The van der Waals surface area contributed by atoms with Crippen LogP contribution in [0.25, 0.3) is 10.2 Å². The first-order valence-electron chi connectivity index (χ1n) is 9.03. The van der Waals surface area contributed by atoms with Gasteiger partial charge in [0.15, 0.2) is 16.8 Å². The molecule has 148 valence electrons. The van der Waals surface area contributed by atoms with Gasteiger partial charge in [-0.25, -0.2) is 18.7 Å². The first-order chi connectivity index (χ1) is 13.5. The second-order valence-electron chi connectivity index (χ2n) is 6.77. The van der Waals surface area contributed by atoms with Crippen LogP contribution in [0, 0.1) is 11.6 Å². The predicted octanol–water partition coefficient (Wildman–Crippen LogP) is 2.19. The molecular formula is C19H20F2N4O2S. The zero-order valence-electron chi connectivity index (χ0n) is 15.1. The lowest BCUT2D eigenvalue weighted by Gasteiger charge is -2.35. The molecule has 9 heteroatoms. The summed E-state index contributed by atoms with van der Waals surface area (Å²) in [5.41, 5.74) is 1.32. The lowest BCUT2D eigenvalue weighted by Crippen LogP contribution is -2.47. The summed E-state index contributed by atoms with van der Waals surface area (Å²) in [6, 6.07) is 5.92. The van der Waals surface area contributed by atoms with E-state index >= 15 is 0 Å². The highest BCUT2D eigenvalue weighted by Gasteiger charge is 2.23. The number of thiazole rings is 1. The number of pyridine rings is 1. The van der Waals surface area contributed by atoms with Gasteiger partial charge in [-0.3, -0.25) is 0 Å². The zero-order chi connectivity index (χ0) is 19.7. The largest absolute Gasteiger partial charge is 0.394 e. The number of aliphatic hydroxyl groups excluding tert-OH is 2. The third-order valence-corrected chi connectivity index (χ3v) is 5.83. The number of nitrogens with zero attached hydrogens (tertiary/aromatic N) is 4. The normalized spacial score (nSPS) is 16.0. The van der Waals surface area contributed by atoms with Crippen molar-refractivity contribution in [1.29, 1.82) is 0 Å². The molecule has 6 nitrogen and oxygen atoms in total. The van der Waals surface area contributed by atoms with E-state index in [-0.39, 0.29) is 24.7 Å². The van der Waals surface area contributed by atoms with Crippen molar-refractivity contribution >= 4 is 32.5 Å². The van der Waals surface area contributed by atoms with Crippen molar-refractivity contribution < 1.29 is 19.0 Å². The molecule has 0 amide bonds. The van der Waals surface area contributed by atoms with Gasteiger partial charge in [0.2, 0.25) is 0 Å². The molecule has 0 radical (unpaired) electrons. The lowest BCUT2D eigenvalue weighted by atomic mass is 10.1. The fourth-order valence-corrected chi connectivity index (χ4v) is 4.32. The van der Waals surface area contributed by atoms with E-state index in [2.05, 4.69) is 14.9 Å². The molecule has 0 saturated carbocycles. The van der Waals surface area contributed by atoms with Crippen molar-refractivity contribution in [2.45, 2.75) is 12.5 Å². The molecule has 1 aromatic carbocycles. The second-order valence-corrected chi connectivity index (χ2v) is 7.78. The van der Waals surface area contributed by atoms with Crippen molar-refractivity contribution in [2.75, 3.05) is 42.6 Å². The molecular weight excluding hydrogens is 386 g/mol. The van der Waals surface area contributed by atoms with Gasteiger partial charge in [0.1, 0.15) is 5.82 Å². The van der Waals surface area contributed by atoms with Crippen molar-refractivity contribution in [3.05, 3.63) is 47.7 Å². The van der Waals surface area contributed by atoms with Crippen LogP contribution >= 0.6 is 11.3 Å². The molecule has 0 bridgehead atoms. The third-order valence-electron chi connectivity index (χ3n) is 4.75. The molecule has 28 heavy (non-hydrogen) atoms. The van der Waals surface area contributed by atoms with E-state index in [0.717, 1.165) is 15.3 Å². The molecule has 2 aromatic heterocycles. The van der Waals surface area contributed by atoms with Gasteiger partial charge in [0, 0.05) is 38.8 Å². The number of piperazine rings is 1. The van der Waals surface area contributed by atoms with E-state index in [9.17, 15) is 13.9 Å². The molecule has 1 aliphatic heterocycles. The molecule has 0 spiro atoms. The third kappa shape index (κ3) is 3.91. The highest BCUT2D eigenvalue weighted by atomic mass is 32.1. The number of benzene rings is 1. The average molecular weight is 406 g/mol. The number of aliphatic hydroxyl groups is 2. The molecule has 3 heterocycles. The number of hydrogen-bond donors (Lipinski definition) is 2. The van der Waals surface area contributed by atoms with E-state index < -0.39 is 11.9 Å². The fraction of sp³-hybridized carbons (Fsp3) is 0.368. The van der Waals surface area contributed by atoms with Gasteiger partial charge in [-0.15, -0.1) is 0 Å². The maximum Gasteiger partial charge on any atom is 0.186 e. The molecule has 2 N–H and O–H groups in total. The Morgan fingerprint density at radius 1 is 1.11 bits per heavy atom. The monoisotopic (exact) mass is 406 g/mol. The molecule has 3 aromatic rings. The van der Waals surface area contributed by atoms with E-state index in [1.54, 1.807) is 6.07 Å². The molecule has 4 rings (SSSR count). The smallest absolute Gasteiger partial charge is 0.186 e. The Labute approximate surface area is 164 Å². The first-order valence-corrected chi connectivity index (χ1v) is 9.84. The number of rotatable bonds is 5. The molecule has 0 unspecified atom stereocenters. The standard InChI is InChI=1S/C19H20F2N4O2S/c20-13-1-2-16-17(9-13)28-19(23-16)25-5-3-24(4-6-25)18-15(21)8-12(10-22-18)7-14(27)11-26/h1-2,8-10,14,26-27H,3-7,11H2/t14-/m0/s1. The highest BCUT2D eigenvalue weighted by Crippen LogP contribution is 2.30. The summed E-state index contributed by atoms with van der Waals surface area (Å²) < 4.78 is 28.7. The SMILES string of the molecule is OC[C@@H](O)Cc1cnc(N2CCN(c3nc4ccc(F)cc4s3)CC2)c(F)c1.